The fraction of sp³-hybridized carbons (Fsp3) is 1.00. The van der Waals surface area contributed by atoms with Gasteiger partial charge in [0.25, 0.3) is 0 Å². The molecule has 1 aliphatic rings. The summed E-state index contributed by atoms with van der Waals surface area (Å²) in [4.78, 5) is 0. The smallest absolute Gasteiger partial charge is 0.211 e. The Morgan fingerprint density at radius 3 is 2.62 bits per heavy atom. The van der Waals surface area contributed by atoms with Crippen LogP contribution in [0.25, 0.3) is 0 Å². The third kappa shape index (κ3) is 5.79. The monoisotopic (exact) mass is 251 g/mol. The van der Waals surface area contributed by atoms with E-state index in [1.165, 1.54) is 0 Å². The highest BCUT2D eigenvalue weighted by atomic mass is 32.2. The maximum atomic E-state index is 11.4. The van der Waals surface area contributed by atoms with Crippen LogP contribution in [0.1, 0.15) is 32.6 Å². The van der Waals surface area contributed by atoms with E-state index in [0.717, 1.165) is 12.8 Å². The lowest BCUT2D eigenvalue weighted by atomic mass is 10.4. The van der Waals surface area contributed by atoms with Gasteiger partial charge in [-0.15, -0.1) is 0 Å². The van der Waals surface area contributed by atoms with Crippen molar-refractivity contribution in [1.29, 1.82) is 0 Å². The number of hydrogen-bond acceptors (Lipinski definition) is 4. The van der Waals surface area contributed by atoms with E-state index in [0.29, 0.717) is 32.6 Å². The summed E-state index contributed by atoms with van der Waals surface area (Å²) in [6.45, 7) is 3.76. The second kappa shape index (κ2) is 7.21. The van der Waals surface area contributed by atoms with Crippen molar-refractivity contribution in [3.8, 4) is 0 Å². The van der Waals surface area contributed by atoms with Gasteiger partial charge in [0.15, 0.2) is 6.29 Å². The highest BCUT2D eigenvalue weighted by Crippen LogP contribution is 2.07. The minimum absolute atomic E-state index is 0.204. The summed E-state index contributed by atoms with van der Waals surface area (Å²) in [6.07, 6.45) is 2.83. The zero-order valence-electron chi connectivity index (χ0n) is 9.78. The van der Waals surface area contributed by atoms with Crippen LogP contribution in [0.15, 0.2) is 0 Å². The van der Waals surface area contributed by atoms with Crippen molar-refractivity contribution in [3.05, 3.63) is 0 Å². The molecule has 0 aromatic rings. The van der Waals surface area contributed by atoms with E-state index >= 15 is 0 Å². The largest absolute Gasteiger partial charge is 0.353 e. The zero-order chi connectivity index (χ0) is 11.9. The molecule has 0 bridgehead atoms. The van der Waals surface area contributed by atoms with Crippen LogP contribution < -0.4 is 4.72 Å². The fourth-order valence-electron chi connectivity index (χ4n) is 1.44. The number of rotatable bonds is 7. The number of nitrogens with one attached hydrogen (secondary N) is 1. The summed E-state index contributed by atoms with van der Waals surface area (Å²) < 4.78 is 36.1. The highest BCUT2D eigenvalue weighted by Gasteiger charge is 2.15. The molecule has 1 N–H and O–H groups in total. The van der Waals surface area contributed by atoms with E-state index in [2.05, 4.69) is 4.72 Å². The fourth-order valence-corrected chi connectivity index (χ4v) is 2.68. The van der Waals surface area contributed by atoms with E-state index in [-0.39, 0.29) is 12.0 Å². The average Bonchev–Trinajstić information content (AvgIpc) is 2.28. The van der Waals surface area contributed by atoms with E-state index in [1.54, 1.807) is 0 Å². The number of ether oxygens (including phenoxy) is 2. The Bertz CT molecular complexity index is 273. The normalized spacial score (nSPS) is 18.8. The molecule has 0 radical (unpaired) electrons. The van der Waals surface area contributed by atoms with Crippen molar-refractivity contribution in [2.24, 2.45) is 0 Å². The lowest BCUT2D eigenvalue weighted by Crippen LogP contribution is -2.32. The van der Waals surface area contributed by atoms with Crippen molar-refractivity contribution in [1.82, 2.24) is 4.72 Å². The third-order valence-corrected chi connectivity index (χ3v) is 3.83. The van der Waals surface area contributed by atoms with Crippen LogP contribution >= 0.6 is 0 Å². The first-order valence-corrected chi connectivity index (χ1v) is 7.50. The van der Waals surface area contributed by atoms with Gasteiger partial charge in [0.05, 0.1) is 19.0 Å². The molecule has 1 rings (SSSR count). The van der Waals surface area contributed by atoms with Crippen LogP contribution in [0.3, 0.4) is 0 Å². The molecule has 0 spiro atoms. The van der Waals surface area contributed by atoms with Gasteiger partial charge in [-0.05, 0) is 12.8 Å². The summed E-state index contributed by atoms with van der Waals surface area (Å²) >= 11 is 0. The van der Waals surface area contributed by atoms with E-state index in [9.17, 15) is 8.42 Å². The molecule has 5 nitrogen and oxygen atoms in total. The zero-order valence-corrected chi connectivity index (χ0v) is 10.6. The minimum Gasteiger partial charge on any atom is -0.353 e. The van der Waals surface area contributed by atoms with Crippen molar-refractivity contribution < 1.29 is 17.9 Å². The van der Waals surface area contributed by atoms with Gasteiger partial charge in [-0.25, -0.2) is 13.1 Å². The first kappa shape index (κ1) is 13.9. The second-order valence-corrected chi connectivity index (χ2v) is 5.81. The molecule has 0 aliphatic carbocycles. The summed E-state index contributed by atoms with van der Waals surface area (Å²) in [5.41, 5.74) is 0. The first-order valence-electron chi connectivity index (χ1n) is 5.84. The molecule has 1 fully saturated rings. The Hall–Kier alpha value is -0.170. The third-order valence-electron chi connectivity index (χ3n) is 2.36. The molecule has 16 heavy (non-hydrogen) atoms. The summed E-state index contributed by atoms with van der Waals surface area (Å²) in [5.74, 6) is 0.204. The highest BCUT2D eigenvalue weighted by molar-refractivity contribution is 7.89. The van der Waals surface area contributed by atoms with E-state index < -0.39 is 10.0 Å². The van der Waals surface area contributed by atoms with Gasteiger partial charge in [0, 0.05) is 13.0 Å². The summed E-state index contributed by atoms with van der Waals surface area (Å²) in [6, 6.07) is 0. The molecule has 6 heteroatoms. The molecule has 0 saturated carbocycles. The Balaban J connectivity index is 2.13. The molecule has 1 saturated heterocycles. The second-order valence-electron chi connectivity index (χ2n) is 3.88. The van der Waals surface area contributed by atoms with Crippen LogP contribution in [0.2, 0.25) is 0 Å². The molecule has 0 aromatic heterocycles. The first-order chi connectivity index (χ1) is 7.64. The Kier molecular flexibility index (Phi) is 6.26. The van der Waals surface area contributed by atoms with Crippen molar-refractivity contribution in [2.75, 3.05) is 25.5 Å². The maximum Gasteiger partial charge on any atom is 0.211 e. The number of sulfonamides is 1. The molecule has 96 valence electrons. The molecule has 1 aliphatic heterocycles. The minimum atomic E-state index is -3.11. The van der Waals surface area contributed by atoms with Crippen molar-refractivity contribution in [2.45, 2.75) is 38.9 Å². The van der Waals surface area contributed by atoms with Gasteiger partial charge in [-0.2, -0.15) is 0 Å². The molecule has 0 unspecified atom stereocenters. The van der Waals surface area contributed by atoms with Crippen LogP contribution in [-0.4, -0.2) is 40.2 Å². The molecule has 0 amide bonds. The number of hydrogen-bond donors (Lipinski definition) is 1. The molecule has 0 aromatic carbocycles. The van der Waals surface area contributed by atoms with Crippen LogP contribution in [0, 0.1) is 0 Å². The van der Waals surface area contributed by atoms with E-state index in [1.807, 2.05) is 6.92 Å². The standard InChI is InChI=1S/C10H21NO4S/c1-2-3-9-16(12,13)11-6-5-10-14-7-4-8-15-10/h10-11H,2-9H2,1H3. The Morgan fingerprint density at radius 2 is 2.00 bits per heavy atom. The average molecular weight is 251 g/mol. The van der Waals surface area contributed by atoms with Gasteiger partial charge >= 0.3 is 0 Å². The van der Waals surface area contributed by atoms with Gasteiger partial charge in [0.2, 0.25) is 10.0 Å². The predicted molar refractivity (Wildman–Crippen MR) is 61.6 cm³/mol. The maximum absolute atomic E-state index is 11.4. The lowest BCUT2D eigenvalue weighted by Gasteiger charge is -2.23. The van der Waals surface area contributed by atoms with Gasteiger partial charge in [0.1, 0.15) is 0 Å². The van der Waals surface area contributed by atoms with Gasteiger partial charge in [-0.3, -0.25) is 0 Å². The molecular formula is C10H21NO4S. The van der Waals surface area contributed by atoms with Crippen molar-refractivity contribution in [3.63, 3.8) is 0 Å². The SMILES string of the molecule is CCCCS(=O)(=O)NCCC1OCCCO1. The predicted octanol–water partition coefficient (Wildman–Crippen LogP) is 0.859. The molecule has 1 heterocycles. The van der Waals surface area contributed by atoms with Crippen LogP contribution in [0.4, 0.5) is 0 Å². The number of unbranched alkanes of at least 4 members (excludes halogenated alkanes) is 1. The van der Waals surface area contributed by atoms with Crippen molar-refractivity contribution >= 4 is 10.0 Å². The topological polar surface area (TPSA) is 64.6 Å². The molecular weight excluding hydrogens is 230 g/mol. The van der Waals surface area contributed by atoms with Gasteiger partial charge in [-0.1, -0.05) is 13.3 Å². The van der Waals surface area contributed by atoms with Crippen LogP contribution in [0.5, 0.6) is 0 Å². The summed E-state index contributed by atoms with van der Waals surface area (Å²) in [5, 5.41) is 0. The Morgan fingerprint density at radius 1 is 1.31 bits per heavy atom. The van der Waals surface area contributed by atoms with Crippen LogP contribution in [-0.2, 0) is 19.5 Å². The van der Waals surface area contributed by atoms with Gasteiger partial charge < -0.3 is 9.47 Å². The van der Waals surface area contributed by atoms with E-state index in [4.69, 9.17) is 9.47 Å². The Labute approximate surface area is 97.6 Å². The summed E-state index contributed by atoms with van der Waals surface area (Å²) in [7, 11) is -3.11. The lowest BCUT2D eigenvalue weighted by molar-refractivity contribution is -0.180. The molecule has 0 atom stereocenters. The quantitative estimate of drug-likeness (QED) is 0.729.